The predicted octanol–water partition coefficient (Wildman–Crippen LogP) is 3.14. The first-order valence-corrected chi connectivity index (χ1v) is 12.6. The number of ether oxygens (including phenoxy) is 3. The number of nitrogens with one attached hydrogen (secondary N) is 1. The number of piperidine rings is 1. The number of nitrogens with zero attached hydrogens (tertiary/aromatic N) is 2. The normalized spacial score (nSPS) is 14.6. The van der Waals surface area contributed by atoms with Crippen molar-refractivity contribution in [3.63, 3.8) is 0 Å². The molecule has 9 nitrogen and oxygen atoms in total. The van der Waals surface area contributed by atoms with Gasteiger partial charge >= 0.3 is 6.09 Å². The summed E-state index contributed by atoms with van der Waals surface area (Å²) in [6, 6.07) is 5.13. The van der Waals surface area contributed by atoms with E-state index in [9.17, 15) is 9.59 Å². The fraction of sp³-hybridized carbons (Fsp3) is 0.630. The second kappa shape index (κ2) is 14.6. The van der Waals surface area contributed by atoms with E-state index in [-0.39, 0.29) is 18.0 Å². The Bertz CT molecular complexity index is 885. The highest BCUT2D eigenvalue weighted by atomic mass is 16.6. The van der Waals surface area contributed by atoms with E-state index in [1.807, 2.05) is 20.8 Å². The molecule has 0 radical (unpaired) electrons. The van der Waals surface area contributed by atoms with Gasteiger partial charge < -0.3 is 35.1 Å². The summed E-state index contributed by atoms with van der Waals surface area (Å²) in [5, 5.41) is 3.11. The van der Waals surface area contributed by atoms with E-state index in [4.69, 9.17) is 26.4 Å². The molecule has 36 heavy (non-hydrogen) atoms. The Kier molecular flexibility index (Phi) is 11.8. The monoisotopic (exact) mass is 502 g/mol. The van der Waals surface area contributed by atoms with Gasteiger partial charge in [-0.3, -0.25) is 4.79 Å². The molecule has 0 saturated carbocycles. The largest absolute Gasteiger partial charge is 0.495 e. The summed E-state index contributed by atoms with van der Waals surface area (Å²) in [6.45, 7) is 10.2. The van der Waals surface area contributed by atoms with Gasteiger partial charge in [0.25, 0.3) is 5.91 Å². The third-order valence-corrected chi connectivity index (χ3v) is 5.86. The fourth-order valence-corrected chi connectivity index (χ4v) is 3.90. The lowest BCUT2D eigenvalue weighted by molar-refractivity contribution is 0.0204. The van der Waals surface area contributed by atoms with Crippen molar-refractivity contribution in [3.05, 3.63) is 23.8 Å². The molecule has 0 aromatic heterocycles. The SMILES string of the molecule is C#CCCOCCCN(CCN1CCC(NC(=O)c2ccc(N)c(OC)c2)CC1)C(=O)OC(C)(C)C. The molecule has 1 aromatic carbocycles. The second-order valence-corrected chi connectivity index (χ2v) is 9.93. The van der Waals surface area contributed by atoms with Gasteiger partial charge in [0.1, 0.15) is 11.4 Å². The number of rotatable bonds is 12. The standard InChI is InChI=1S/C27H42N4O5/c1-6-7-18-35-19-8-13-31(26(33)36-27(2,3)4)17-16-30-14-11-22(12-15-30)29-25(32)21-9-10-23(28)24(20-21)34-5/h1,9-10,20,22H,7-8,11-19,28H2,2-5H3,(H,29,32). The van der Waals surface area contributed by atoms with Crippen molar-refractivity contribution in [1.82, 2.24) is 15.1 Å². The first-order valence-electron chi connectivity index (χ1n) is 12.6. The number of carbonyl (C=O) groups excluding carboxylic acids is 2. The molecule has 9 heteroatoms. The van der Waals surface area contributed by atoms with Crippen molar-refractivity contribution in [3.8, 4) is 18.1 Å². The minimum Gasteiger partial charge on any atom is -0.495 e. The smallest absolute Gasteiger partial charge is 0.410 e. The van der Waals surface area contributed by atoms with Crippen LogP contribution in [0.3, 0.4) is 0 Å². The lowest BCUT2D eigenvalue weighted by atomic mass is 10.0. The number of nitrogen functional groups attached to an aromatic ring is 1. The van der Waals surface area contributed by atoms with Gasteiger partial charge in [0.2, 0.25) is 0 Å². The highest BCUT2D eigenvalue weighted by Gasteiger charge is 2.25. The van der Waals surface area contributed by atoms with Gasteiger partial charge in [-0.2, -0.15) is 0 Å². The van der Waals surface area contributed by atoms with Crippen molar-refractivity contribution in [2.75, 3.05) is 58.8 Å². The van der Waals surface area contributed by atoms with E-state index >= 15 is 0 Å². The number of nitrogens with two attached hydrogens (primary N) is 1. The number of benzene rings is 1. The lowest BCUT2D eigenvalue weighted by Crippen LogP contribution is -2.47. The maximum atomic E-state index is 12.7. The van der Waals surface area contributed by atoms with Gasteiger partial charge in [-0.15, -0.1) is 12.3 Å². The zero-order chi connectivity index (χ0) is 26.6. The highest BCUT2D eigenvalue weighted by molar-refractivity contribution is 5.95. The summed E-state index contributed by atoms with van der Waals surface area (Å²) in [5.41, 5.74) is 6.32. The van der Waals surface area contributed by atoms with Gasteiger partial charge in [-0.05, 0) is 58.2 Å². The summed E-state index contributed by atoms with van der Waals surface area (Å²) < 4.78 is 16.3. The fourth-order valence-electron chi connectivity index (χ4n) is 3.90. The van der Waals surface area contributed by atoms with Crippen molar-refractivity contribution in [2.45, 2.75) is 58.1 Å². The van der Waals surface area contributed by atoms with Gasteiger partial charge in [0, 0.05) is 57.4 Å². The average molecular weight is 503 g/mol. The molecule has 1 fully saturated rings. The first-order chi connectivity index (χ1) is 17.1. The number of hydrogen-bond acceptors (Lipinski definition) is 7. The molecular weight excluding hydrogens is 460 g/mol. The quantitative estimate of drug-likeness (QED) is 0.257. The Balaban J connectivity index is 1.80. The number of anilines is 1. The molecule has 1 heterocycles. The van der Waals surface area contributed by atoms with Gasteiger partial charge in [0.15, 0.2) is 0 Å². The number of likely N-dealkylation sites (tertiary alicyclic amines) is 1. The average Bonchev–Trinajstić information content (AvgIpc) is 2.83. The van der Waals surface area contributed by atoms with E-state index in [0.717, 1.165) is 32.5 Å². The Morgan fingerprint density at radius 2 is 1.94 bits per heavy atom. The van der Waals surface area contributed by atoms with E-state index in [2.05, 4.69) is 16.1 Å². The van der Waals surface area contributed by atoms with Crippen LogP contribution in [-0.4, -0.2) is 86.5 Å². The van der Waals surface area contributed by atoms with Crippen LogP contribution >= 0.6 is 0 Å². The summed E-state index contributed by atoms with van der Waals surface area (Å²) in [4.78, 5) is 29.5. The zero-order valence-corrected chi connectivity index (χ0v) is 22.2. The molecular formula is C27H42N4O5. The van der Waals surface area contributed by atoms with Gasteiger partial charge in [-0.25, -0.2) is 4.79 Å². The summed E-state index contributed by atoms with van der Waals surface area (Å²) in [5.74, 6) is 2.91. The second-order valence-electron chi connectivity index (χ2n) is 9.93. The van der Waals surface area contributed by atoms with Crippen LogP contribution in [0.4, 0.5) is 10.5 Å². The van der Waals surface area contributed by atoms with E-state index in [0.29, 0.717) is 56.1 Å². The molecule has 1 aliphatic rings. The van der Waals surface area contributed by atoms with Crippen LogP contribution in [0.5, 0.6) is 5.75 Å². The molecule has 0 unspecified atom stereocenters. The Morgan fingerprint density at radius 1 is 1.22 bits per heavy atom. The van der Waals surface area contributed by atoms with E-state index < -0.39 is 5.60 Å². The number of terminal acetylenes is 1. The summed E-state index contributed by atoms with van der Waals surface area (Å²) in [6.07, 6.45) is 7.91. The highest BCUT2D eigenvalue weighted by Crippen LogP contribution is 2.22. The zero-order valence-electron chi connectivity index (χ0n) is 22.2. The Labute approximate surface area is 215 Å². The topological polar surface area (TPSA) is 106 Å². The van der Waals surface area contributed by atoms with Crippen LogP contribution in [0.2, 0.25) is 0 Å². The number of methoxy groups -OCH3 is 1. The van der Waals surface area contributed by atoms with Crippen molar-refractivity contribution >= 4 is 17.7 Å². The molecule has 3 N–H and O–H groups in total. The molecule has 0 bridgehead atoms. The van der Waals surface area contributed by atoms with E-state index in [1.54, 1.807) is 23.1 Å². The van der Waals surface area contributed by atoms with Crippen LogP contribution in [0.15, 0.2) is 18.2 Å². The first kappa shape index (κ1) is 29.3. The van der Waals surface area contributed by atoms with Crippen LogP contribution in [-0.2, 0) is 9.47 Å². The molecule has 1 aromatic rings. The molecule has 0 aliphatic carbocycles. The van der Waals surface area contributed by atoms with Crippen LogP contribution < -0.4 is 15.8 Å². The molecule has 2 rings (SSSR count). The molecule has 0 atom stereocenters. The van der Waals surface area contributed by atoms with Crippen molar-refractivity contribution in [1.29, 1.82) is 0 Å². The third-order valence-electron chi connectivity index (χ3n) is 5.86. The number of carbonyl (C=O) groups is 2. The maximum absolute atomic E-state index is 12.7. The van der Waals surface area contributed by atoms with Gasteiger partial charge in [0.05, 0.1) is 19.4 Å². The molecule has 200 valence electrons. The number of amides is 2. The predicted molar refractivity (Wildman–Crippen MR) is 141 cm³/mol. The number of hydrogen-bond donors (Lipinski definition) is 2. The Morgan fingerprint density at radius 3 is 2.58 bits per heavy atom. The van der Waals surface area contributed by atoms with Gasteiger partial charge in [-0.1, -0.05) is 0 Å². The molecule has 1 aliphatic heterocycles. The van der Waals surface area contributed by atoms with Crippen LogP contribution in [0.25, 0.3) is 0 Å². The van der Waals surface area contributed by atoms with Crippen LogP contribution in [0.1, 0.15) is 56.8 Å². The minimum absolute atomic E-state index is 0.0967. The van der Waals surface area contributed by atoms with Crippen LogP contribution in [0, 0.1) is 12.3 Å². The maximum Gasteiger partial charge on any atom is 0.410 e. The minimum atomic E-state index is -0.552. The van der Waals surface area contributed by atoms with E-state index in [1.165, 1.54) is 7.11 Å². The summed E-state index contributed by atoms with van der Waals surface area (Å²) in [7, 11) is 1.53. The van der Waals surface area contributed by atoms with Crippen molar-refractivity contribution in [2.24, 2.45) is 0 Å². The molecule has 1 saturated heterocycles. The van der Waals surface area contributed by atoms with Crippen molar-refractivity contribution < 1.29 is 23.8 Å². The molecule has 2 amide bonds. The lowest BCUT2D eigenvalue weighted by Gasteiger charge is -2.34. The third kappa shape index (κ3) is 10.3. The molecule has 0 spiro atoms. The summed E-state index contributed by atoms with van der Waals surface area (Å²) >= 11 is 0. The Hall–Kier alpha value is -2.96.